The van der Waals surface area contributed by atoms with Gasteiger partial charge in [0.15, 0.2) is 5.76 Å². The number of rotatable bonds is 5. The summed E-state index contributed by atoms with van der Waals surface area (Å²) < 4.78 is 5.61. The maximum Gasteiger partial charge on any atom is 0.289 e. The molecule has 4 nitrogen and oxygen atoms in total. The summed E-state index contributed by atoms with van der Waals surface area (Å²) in [7, 11) is 1.79. The molecule has 0 saturated heterocycles. The van der Waals surface area contributed by atoms with E-state index in [0.29, 0.717) is 12.3 Å². The zero-order valence-corrected chi connectivity index (χ0v) is 14.0. The molecule has 2 aromatic heterocycles. The van der Waals surface area contributed by atoms with Crippen molar-refractivity contribution in [3.63, 3.8) is 0 Å². The van der Waals surface area contributed by atoms with Crippen LogP contribution >= 0.6 is 11.8 Å². The highest BCUT2D eigenvalue weighted by Crippen LogP contribution is 2.20. The Bertz CT molecular complexity index is 823. The van der Waals surface area contributed by atoms with Crippen molar-refractivity contribution in [1.29, 1.82) is 0 Å². The van der Waals surface area contributed by atoms with E-state index in [2.05, 4.69) is 4.98 Å². The van der Waals surface area contributed by atoms with Gasteiger partial charge in [-0.2, -0.15) is 11.8 Å². The highest BCUT2D eigenvalue weighted by molar-refractivity contribution is 7.97. The van der Waals surface area contributed by atoms with Gasteiger partial charge in [-0.25, -0.2) is 0 Å². The van der Waals surface area contributed by atoms with Crippen LogP contribution in [0.1, 0.15) is 21.9 Å². The summed E-state index contributed by atoms with van der Waals surface area (Å²) >= 11 is 1.67. The number of carbonyl (C=O) groups excluding carboxylic acids is 1. The number of hydrogen-bond donors (Lipinski definition) is 0. The smallest absolute Gasteiger partial charge is 0.289 e. The molecule has 0 N–H and O–H groups in total. The Balaban J connectivity index is 1.79. The summed E-state index contributed by atoms with van der Waals surface area (Å²) in [4.78, 5) is 18.5. The molecule has 0 bridgehead atoms. The standard InChI is InChI=1S/C18H18N2O2S/c1-20(18(21)17-9-8-14(22-17)12-23-2)11-13-5-3-7-16-15(13)6-4-10-19-16/h3-10H,11-12H2,1-2H3. The summed E-state index contributed by atoms with van der Waals surface area (Å²) in [6, 6.07) is 13.5. The van der Waals surface area contributed by atoms with Crippen molar-refractivity contribution in [2.75, 3.05) is 13.3 Å². The molecule has 1 amide bonds. The van der Waals surface area contributed by atoms with Crippen LogP contribution in [-0.4, -0.2) is 29.1 Å². The predicted octanol–water partition coefficient (Wildman–Crippen LogP) is 3.96. The second kappa shape index (κ2) is 6.87. The molecule has 2 heterocycles. The second-order valence-corrected chi connectivity index (χ2v) is 6.21. The van der Waals surface area contributed by atoms with Crippen molar-refractivity contribution in [1.82, 2.24) is 9.88 Å². The third-order valence-electron chi connectivity index (χ3n) is 3.65. The molecule has 118 valence electrons. The van der Waals surface area contributed by atoms with Gasteiger partial charge in [-0.15, -0.1) is 0 Å². The first-order valence-electron chi connectivity index (χ1n) is 7.35. The van der Waals surface area contributed by atoms with E-state index in [4.69, 9.17) is 4.42 Å². The van der Waals surface area contributed by atoms with Gasteiger partial charge >= 0.3 is 0 Å². The molecule has 0 fully saturated rings. The fourth-order valence-electron chi connectivity index (χ4n) is 2.53. The minimum atomic E-state index is -0.113. The van der Waals surface area contributed by atoms with Gasteiger partial charge in [-0.3, -0.25) is 9.78 Å². The third kappa shape index (κ3) is 3.40. The molecule has 0 aliphatic carbocycles. The Morgan fingerprint density at radius 1 is 1.22 bits per heavy atom. The van der Waals surface area contributed by atoms with Gasteiger partial charge in [0.25, 0.3) is 5.91 Å². The minimum Gasteiger partial charge on any atom is -0.455 e. The van der Waals surface area contributed by atoms with Crippen LogP contribution in [0.5, 0.6) is 0 Å². The second-order valence-electron chi connectivity index (χ2n) is 5.35. The molecule has 0 atom stereocenters. The zero-order valence-electron chi connectivity index (χ0n) is 13.2. The molecule has 5 heteroatoms. The fourth-order valence-corrected chi connectivity index (χ4v) is 2.97. The van der Waals surface area contributed by atoms with E-state index >= 15 is 0 Å². The number of hydrogen-bond acceptors (Lipinski definition) is 4. The quantitative estimate of drug-likeness (QED) is 0.712. The fraction of sp³-hybridized carbons (Fsp3) is 0.222. The highest BCUT2D eigenvalue weighted by Gasteiger charge is 2.17. The molecule has 0 radical (unpaired) electrons. The van der Waals surface area contributed by atoms with Crippen LogP contribution in [0.4, 0.5) is 0 Å². The molecule has 0 aliphatic rings. The van der Waals surface area contributed by atoms with Gasteiger partial charge in [-0.05, 0) is 36.1 Å². The molecule has 0 aliphatic heterocycles. The Morgan fingerprint density at radius 3 is 2.91 bits per heavy atom. The first-order valence-corrected chi connectivity index (χ1v) is 8.74. The van der Waals surface area contributed by atoms with E-state index in [0.717, 1.165) is 28.0 Å². The lowest BCUT2D eigenvalue weighted by atomic mass is 10.1. The molecule has 0 saturated carbocycles. The molecule has 3 rings (SSSR count). The SMILES string of the molecule is CSCc1ccc(C(=O)N(C)Cc2cccc3ncccc23)o1. The number of nitrogens with zero attached hydrogens (tertiary/aromatic N) is 2. The number of benzene rings is 1. The van der Waals surface area contributed by atoms with Crippen LogP contribution in [-0.2, 0) is 12.3 Å². The van der Waals surface area contributed by atoms with E-state index in [1.807, 2.05) is 42.7 Å². The van der Waals surface area contributed by atoms with Gasteiger partial charge in [0.1, 0.15) is 5.76 Å². The molecular weight excluding hydrogens is 308 g/mol. The predicted molar refractivity (Wildman–Crippen MR) is 93.5 cm³/mol. The summed E-state index contributed by atoms with van der Waals surface area (Å²) in [5.74, 6) is 1.86. The van der Waals surface area contributed by atoms with Crippen LogP contribution < -0.4 is 0 Å². The van der Waals surface area contributed by atoms with Crippen molar-refractivity contribution in [3.05, 3.63) is 65.7 Å². The van der Waals surface area contributed by atoms with E-state index in [9.17, 15) is 4.79 Å². The number of aromatic nitrogens is 1. The highest BCUT2D eigenvalue weighted by atomic mass is 32.2. The Morgan fingerprint density at radius 2 is 2.09 bits per heavy atom. The van der Waals surface area contributed by atoms with Gasteiger partial charge in [0.2, 0.25) is 0 Å². The van der Waals surface area contributed by atoms with Crippen molar-refractivity contribution < 1.29 is 9.21 Å². The largest absolute Gasteiger partial charge is 0.455 e. The maximum absolute atomic E-state index is 12.5. The average Bonchev–Trinajstić information content (AvgIpc) is 3.03. The summed E-state index contributed by atoms with van der Waals surface area (Å²) in [5.41, 5.74) is 2.01. The Labute approximate surface area is 139 Å². The average molecular weight is 326 g/mol. The topological polar surface area (TPSA) is 46.3 Å². The first kappa shape index (κ1) is 15.6. The number of fused-ring (bicyclic) bond motifs is 1. The van der Waals surface area contributed by atoms with Crippen LogP contribution in [0.25, 0.3) is 10.9 Å². The molecule has 0 spiro atoms. The van der Waals surface area contributed by atoms with Crippen LogP contribution in [0, 0.1) is 0 Å². The van der Waals surface area contributed by atoms with Crippen LogP contribution in [0.2, 0.25) is 0 Å². The summed E-state index contributed by atoms with van der Waals surface area (Å²) in [6.07, 6.45) is 3.78. The van der Waals surface area contributed by atoms with Gasteiger partial charge in [0, 0.05) is 25.2 Å². The van der Waals surface area contributed by atoms with Crippen LogP contribution in [0.3, 0.4) is 0 Å². The van der Waals surface area contributed by atoms with E-state index in [1.165, 1.54) is 0 Å². The lowest BCUT2D eigenvalue weighted by Gasteiger charge is -2.17. The summed E-state index contributed by atoms with van der Waals surface area (Å²) in [5, 5.41) is 1.07. The molecule has 1 aromatic carbocycles. The van der Waals surface area contributed by atoms with E-state index < -0.39 is 0 Å². The lowest BCUT2D eigenvalue weighted by Crippen LogP contribution is -2.25. The van der Waals surface area contributed by atoms with Crippen molar-refractivity contribution >= 4 is 28.6 Å². The van der Waals surface area contributed by atoms with Gasteiger partial charge in [0.05, 0.1) is 11.3 Å². The van der Waals surface area contributed by atoms with Gasteiger partial charge < -0.3 is 9.32 Å². The maximum atomic E-state index is 12.5. The molecular formula is C18H18N2O2S. The number of thioether (sulfide) groups is 1. The van der Waals surface area contributed by atoms with Crippen molar-refractivity contribution in [3.8, 4) is 0 Å². The van der Waals surface area contributed by atoms with E-state index in [1.54, 1.807) is 36.0 Å². The number of pyridine rings is 1. The van der Waals surface area contributed by atoms with Crippen LogP contribution in [0.15, 0.2) is 53.1 Å². The molecule has 3 aromatic rings. The summed E-state index contributed by atoms with van der Waals surface area (Å²) in [6.45, 7) is 0.514. The lowest BCUT2D eigenvalue weighted by molar-refractivity contribution is 0.0752. The van der Waals surface area contributed by atoms with Crippen molar-refractivity contribution in [2.24, 2.45) is 0 Å². The molecule has 23 heavy (non-hydrogen) atoms. The Kier molecular flexibility index (Phi) is 4.67. The monoisotopic (exact) mass is 326 g/mol. The van der Waals surface area contributed by atoms with Crippen molar-refractivity contribution in [2.45, 2.75) is 12.3 Å². The third-order valence-corrected chi connectivity index (χ3v) is 4.22. The van der Waals surface area contributed by atoms with E-state index in [-0.39, 0.29) is 5.91 Å². The zero-order chi connectivity index (χ0) is 16.2. The van der Waals surface area contributed by atoms with Gasteiger partial charge in [-0.1, -0.05) is 18.2 Å². The first-order chi connectivity index (χ1) is 11.2. The number of carbonyl (C=O) groups is 1. The number of furan rings is 1. The Hall–Kier alpha value is -2.27. The molecule has 0 unspecified atom stereocenters. The number of amides is 1. The normalized spacial score (nSPS) is 10.9. The minimum absolute atomic E-state index is 0.113.